The van der Waals surface area contributed by atoms with E-state index in [1.165, 1.54) is 0 Å². The molecule has 0 aliphatic carbocycles. The topological polar surface area (TPSA) is 26.8 Å². The maximum atomic E-state index is 14.4. The van der Waals surface area contributed by atoms with Crippen molar-refractivity contribution in [3.05, 3.63) is 101 Å². The first-order valence-electron chi connectivity index (χ1n) is 11.7. The highest BCUT2D eigenvalue weighted by Crippen LogP contribution is 2.49. The fourth-order valence-electron chi connectivity index (χ4n) is 4.96. The molecular weight excluding hydrogens is 430 g/mol. The van der Waals surface area contributed by atoms with Gasteiger partial charge in [0, 0.05) is 18.6 Å². The summed E-state index contributed by atoms with van der Waals surface area (Å²) in [6.45, 7) is 7.67. The van der Waals surface area contributed by atoms with Crippen molar-refractivity contribution < 1.29 is 4.79 Å². The van der Waals surface area contributed by atoms with E-state index in [9.17, 15) is 4.79 Å². The Labute approximate surface area is 202 Å². The van der Waals surface area contributed by atoms with Gasteiger partial charge in [-0.25, -0.2) is 10.0 Å². The molecule has 1 heterocycles. The molecule has 0 saturated carbocycles. The first kappa shape index (κ1) is 23.5. The third kappa shape index (κ3) is 4.31. The number of hydrogen-bond acceptors (Lipinski definition) is 3. The summed E-state index contributed by atoms with van der Waals surface area (Å²) in [4.78, 5) is 16.8. The number of amides is 1. The molecule has 1 atom stereocenters. The molecule has 3 aromatic carbocycles. The van der Waals surface area contributed by atoms with Crippen molar-refractivity contribution >= 4 is 23.2 Å². The van der Waals surface area contributed by atoms with Crippen LogP contribution in [0.15, 0.2) is 78.9 Å². The van der Waals surface area contributed by atoms with Gasteiger partial charge >= 0.3 is 0 Å². The molecule has 172 valence electrons. The summed E-state index contributed by atoms with van der Waals surface area (Å²) in [6.07, 6.45) is 0.727. The number of carbonyl (C=O) groups is 1. The minimum absolute atomic E-state index is 0.0941. The summed E-state index contributed by atoms with van der Waals surface area (Å²) >= 11 is 6.44. The van der Waals surface area contributed by atoms with Gasteiger partial charge in [-0.3, -0.25) is 4.79 Å². The molecule has 1 aliphatic rings. The maximum Gasteiger partial charge on any atom is 0.256 e. The van der Waals surface area contributed by atoms with Gasteiger partial charge in [0.05, 0.1) is 5.69 Å². The SMILES string of the molecule is CCN(CC)CC[C@@]1(c2ccccc2)C(=O)N(N(C)Cc2ccccc2Cl)c2ccccc21. The van der Waals surface area contributed by atoms with Crippen molar-refractivity contribution in [2.75, 3.05) is 31.7 Å². The number of halogens is 1. The zero-order valence-corrected chi connectivity index (χ0v) is 20.4. The number of fused-ring (bicyclic) bond motifs is 1. The van der Waals surface area contributed by atoms with Crippen LogP contribution in [0, 0.1) is 0 Å². The van der Waals surface area contributed by atoms with Crippen LogP contribution in [-0.2, 0) is 16.8 Å². The molecule has 0 aromatic heterocycles. The zero-order chi connectivity index (χ0) is 23.4. The second kappa shape index (κ2) is 10.1. The largest absolute Gasteiger partial charge is 0.304 e. The Balaban J connectivity index is 1.79. The molecule has 0 N–H and O–H groups in total. The molecule has 0 radical (unpaired) electrons. The van der Waals surface area contributed by atoms with Gasteiger partial charge in [-0.05, 0) is 54.9 Å². The summed E-state index contributed by atoms with van der Waals surface area (Å²) < 4.78 is 0. The van der Waals surface area contributed by atoms with Gasteiger partial charge in [0.1, 0.15) is 5.41 Å². The third-order valence-electron chi connectivity index (χ3n) is 6.81. The van der Waals surface area contributed by atoms with Crippen molar-refractivity contribution in [2.45, 2.75) is 32.2 Å². The number of nitrogens with zero attached hydrogens (tertiary/aromatic N) is 3. The number of hydrazine groups is 1. The van der Waals surface area contributed by atoms with Crippen molar-refractivity contribution in [3.8, 4) is 0 Å². The normalized spacial score (nSPS) is 17.8. The highest BCUT2D eigenvalue weighted by Gasteiger charge is 2.53. The van der Waals surface area contributed by atoms with Gasteiger partial charge in [0.15, 0.2) is 0 Å². The average Bonchev–Trinajstić information content (AvgIpc) is 3.10. The van der Waals surface area contributed by atoms with Gasteiger partial charge in [-0.15, -0.1) is 0 Å². The average molecular weight is 462 g/mol. The molecule has 4 rings (SSSR count). The van der Waals surface area contributed by atoms with Crippen molar-refractivity contribution in [3.63, 3.8) is 0 Å². The fraction of sp³-hybridized carbons (Fsp3) is 0.321. The second-order valence-electron chi connectivity index (χ2n) is 8.59. The van der Waals surface area contributed by atoms with E-state index in [2.05, 4.69) is 43.0 Å². The predicted octanol–water partition coefficient (Wildman–Crippen LogP) is 5.75. The van der Waals surface area contributed by atoms with E-state index in [4.69, 9.17) is 11.6 Å². The van der Waals surface area contributed by atoms with Crippen LogP contribution in [0.3, 0.4) is 0 Å². The van der Waals surface area contributed by atoms with E-state index < -0.39 is 5.41 Å². The van der Waals surface area contributed by atoms with Crippen LogP contribution in [0.25, 0.3) is 0 Å². The maximum absolute atomic E-state index is 14.4. The molecule has 33 heavy (non-hydrogen) atoms. The van der Waals surface area contributed by atoms with Gasteiger partial charge in [0.25, 0.3) is 5.91 Å². The van der Waals surface area contributed by atoms with Gasteiger partial charge in [0.2, 0.25) is 0 Å². The van der Waals surface area contributed by atoms with Crippen LogP contribution in [0.1, 0.15) is 37.0 Å². The number of benzene rings is 3. The first-order valence-corrected chi connectivity index (χ1v) is 12.1. The van der Waals surface area contributed by atoms with Gasteiger partial charge < -0.3 is 4.90 Å². The lowest BCUT2D eigenvalue weighted by molar-refractivity contribution is -0.125. The predicted molar refractivity (Wildman–Crippen MR) is 136 cm³/mol. The van der Waals surface area contributed by atoms with Crippen molar-refractivity contribution in [2.24, 2.45) is 0 Å². The van der Waals surface area contributed by atoms with Crippen LogP contribution >= 0.6 is 11.6 Å². The Morgan fingerprint density at radius 1 is 0.879 bits per heavy atom. The minimum atomic E-state index is -0.727. The summed E-state index contributed by atoms with van der Waals surface area (Å²) in [7, 11) is 1.96. The molecule has 0 bridgehead atoms. The smallest absolute Gasteiger partial charge is 0.256 e. The van der Waals surface area contributed by atoms with Gasteiger partial charge in [-0.2, -0.15) is 0 Å². The van der Waals surface area contributed by atoms with Crippen LogP contribution < -0.4 is 5.01 Å². The molecular formula is C28H32ClN3O. The lowest BCUT2D eigenvalue weighted by atomic mass is 9.72. The van der Waals surface area contributed by atoms with E-state index in [0.29, 0.717) is 11.6 Å². The number of para-hydroxylation sites is 1. The quantitative estimate of drug-likeness (QED) is 0.406. The minimum Gasteiger partial charge on any atom is -0.304 e. The number of rotatable bonds is 9. The van der Waals surface area contributed by atoms with E-state index in [-0.39, 0.29) is 5.91 Å². The molecule has 4 nitrogen and oxygen atoms in total. The lowest BCUT2D eigenvalue weighted by Crippen LogP contribution is -2.49. The third-order valence-corrected chi connectivity index (χ3v) is 7.18. The molecule has 0 saturated heterocycles. The zero-order valence-electron chi connectivity index (χ0n) is 19.7. The summed E-state index contributed by atoms with van der Waals surface area (Å²) in [5.74, 6) is 0.0941. The Kier molecular flexibility index (Phi) is 7.18. The summed E-state index contributed by atoms with van der Waals surface area (Å²) in [5, 5.41) is 4.55. The molecule has 0 unspecified atom stereocenters. The molecule has 1 aliphatic heterocycles. The summed E-state index contributed by atoms with van der Waals surface area (Å²) in [5.41, 5.74) is 3.32. The second-order valence-corrected chi connectivity index (χ2v) is 9.00. The molecule has 5 heteroatoms. The highest BCUT2D eigenvalue weighted by atomic mass is 35.5. The lowest BCUT2D eigenvalue weighted by Gasteiger charge is -2.34. The molecule has 3 aromatic rings. The van der Waals surface area contributed by atoms with Crippen molar-refractivity contribution in [1.82, 2.24) is 9.91 Å². The molecule has 1 amide bonds. The number of hydrogen-bond donors (Lipinski definition) is 0. The monoisotopic (exact) mass is 461 g/mol. The van der Waals surface area contributed by atoms with E-state index >= 15 is 0 Å². The Bertz CT molecular complexity index is 1100. The van der Waals surface area contributed by atoms with Gasteiger partial charge in [-0.1, -0.05) is 92.2 Å². The van der Waals surface area contributed by atoms with Crippen LogP contribution in [0.5, 0.6) is 0 Å². The molecule has 0 spiro atoms. The van der Waals surface area contributed by atoms with E-state index in [1.807, 2.05) is 71.7 Å². The number of carbonyl (C=O) groups excluding carboxylic acids is 1. The van der Waals surface area contributed by atoms with Crippen LogP contribution in [0.4, 0.5) is 5.69 Å². The first-order chi connectivity index (χ1) is 16.0. The van der Waals surface area contributed by atoms with Crippen LogP contribution in [0.2, 0.25) is 5.02 Å². The number of anilines is 1. The Morgan fingerprint density at radius 3 is 2.21 bits per heavy atom. The summed E-state index contributed by atoms with van der Waals surface area (Å²) in [6, 6.07) is 26.3. The van der Waals surface area contributed by atoms with E-state index in [1.54, 1.807) is 0 Å². The van der Waals surface area contributed by atoms with E-state index in [0.717, 1.165) is 48.4 Å². The Morgan fingerprint density at radius 2 is 1.52 bits per heavy atom. The van der Waals surface area contributed by atoms with Crippen LogP contribution in [-0.4, -0.2) is 42.5 Å². The van der Waals surface area contributed by atoms with Crippen molar-refractivity contribution in [1.29, 1.82) is 0 Å². The Hall–Kier alpha value is -2.66. The standard InChI is InChI=1S/C28H32ClN3O/c1-4-31(5-2)20-19-28(23-14-7-6-8-15-23)24-16-10-12-18-26(24)32(27(28)33)30(3)21-22-13-9-11-17-25(22)29/h6-18H,4-5,19-21H2,1-3H3/t28-/m0/s1. The fourth-order valence-corrected chi connectivity index (χ4v) is 5.16. The highest BCUT2D eigenvalue weighted by molar-refractivity contribution is 6.31. The molecule has 0 fully saturated rings.